The Hall–Kier alpha value is -1.41. The van der Waals surface area contributed by atoms with Gasteiger partial charge in [-0.15, -0.1) is 0 Å². The lowest BCUT2D eigenvalue weighted by molar-refractivity contribution is -0.303. The molecule has 0 aromatic carbocycles. The normalized spacial score (nSPS) is 20.9. The molecule has 1 aliphatic heterocycles. The van der Waals surface area contributed by atoms with Crippen LogP contribution in [0.3, 0.4) is 0 Å². The van der Waals surface area contributed by atoms with Gasteiger partial charge in [0.2, 0.25) is 5.91 Å². The quantitative estimate of drug-likeness (QED) is 0.0215. The van der Waals surface area contributed by atoms with E-state index in [9.17, 15) is 40.5 Å². The molecular weight excluding hydrogens is 835 g/mol. The van der Waals surface area contributed by atoms with Gasteiger partial charge >= 0.3 is 0 Å². The van der Waals surface area contributed by atoms with Gasteiger partial charge in [-0.3, -0.25) is 4.79 Å². The van der Waals surface area contributed by atoms with Crippen LogP contribution in [0, 0.1) is 0 Å². The zero-order valence-corrected chi connectivity index (χ0v) is 42.4. The highest BCUT2D eigenvalue weighted by Crippen LogP contribution is 2.23. The van der Waals surface area contributed by atoms with Crippen molar-refractivity contribution in [3.05, 3.63) is 24.3 Å². The van der Waals surface area contributed by atoms with Crippen LogP contribution in [0.2, 0.25) is 0 Å². The van der Waals surface area contributed by atoms with Gasteiger partial charge in [-0.05, 0) is 51.4 Å². The molecule has 0 saturated carbocycles. The molecule has 0 aromatic rings. The van der Waals surface area contributed by atoms with Gasteiger partial charge in [0.05, 0.1) is 25.4 Å². The van der Waals surface area contributed by atoms with Crippen LogP contribution < -0.4 is 5.32 Å². The minimum absolute atomic E-state index is 0.249. The van der Waals surface area contributed by atoms with Gasteiger partial charge in [-0.25, -0.2) is 0 Å². The minimum Gasteiger partial charge on any atom is -0.394 e. The largest absolute Gasteiger partial charge is 0.394 e. The average Bonchev–Trinajstić information content (AvgIpc) is 3.32. The fraction of sp³-hybridized carbons (Fsp3) is 0.909. The standard InChI is InChI=1S/C55H105NO10/c1-3-5-7-9-11-13-15-17-19-21-22-23-24-25-26-27-29-30-32-34-36-38-40-42-47(58)50(60)46(45-65-55-53(63)52(62)51(61)49(44-57)66-55)56-54(64)48(59)43-41-39-37-35-33-31-28-20-18-16-14-12-10-8-6-4-2/h27,29,34,36,46-53,55,57-63H,3-26,28,30-33,35,37-45H2,1-2H3,(H,56,64)/b29-27+,36-34+. The molecule has 0 aromatic heterocycles. The van der Waals surface area contributed by atoms with Crippen LogP contribution >= 0.6 is 0 Å². The molecule has 1 amide bonds. The second-order valence-corrected chi connectivity index (χ2v) is 19.6. The van der Waals surface area contributed by atoms with Crippen LogP contribution in [0.1, 0.15) is 251 Å². The number of rotatable bonds is 47. The zero-order chi connectivity index (χ0) is 48.3. The lowest BCUT2D eigenvalue weighted by Gasteiger charge is -2.40. The van der Waals surface area contributed by atoms with Crippen LogP contribution in [0.5, 0.6) is 0 Å². The molecule has 11 heteroatoms. The maximum absolute atomic E-state index is 13.1. The molecule has 0 radical (unpaired) electrons. The number of allylic oxidation sites excluding steroid dienone is 4. The van der Waals surface area contributed by atoms with E-state index >= 15 is 0 Å². The van der Waals surface area contributed by atoms with Crippen LogP contribution in [0.4, 0.5) is 0 Å². The van der Waals surface area contributed by atoms with Gasteiger partial charge in [-0.2, -0.15) is 0 Å². The summed E-state index contributed by atoms with van der Waals surface area (Å²) in [6.45, 7) is 3.45. The van der Waals surface area contributed by atoms with E-state index in [4.69, 9.17) is 9.47 Å². The van der Waals surface area contributed by atoms with Crippen molar-refractivity contribution in [2.75, 3.05) is 13.2 Å². The fourth-order valence-electron chi connectivity index (χ4n) is 8.93. The Morgan fingerprint density at radius 3 is 1.35 bits per heavy atom. The summed E-state index contributed by atoms with van der Waals surface area (Å²) < 4.78 is 11.1. The van der Waals surface area contributed by atoms with Gasteiger partial charge in [0, 0.05) is 0 Å². The number of nitrogens with one attached hydrogen (secondary N) is 1. The van der Waals surface area contributed by atoms with Crippen molar-refractivity contribution in [3.8, 4) is 0 Å². The van der Waals surface area contributed by atoms with Crippen LogP contribution in [-0.2, 0) is 14.3 Å². The molecule has 1 aliphatic rings. The Morgan fingerprint density at radius 1 is 0.515 bits per heavy atom. The van der Waals surface area contributed by atoms with E-state index in [-0.39, 0.29) is 12.8 Å². The van der Waals surface area contributed by atoms with E-state index in [1.54, 1.807) is 0 Å². The molecule has 0 aliphatic carbocycles. The van der Waals surface area contributed by atoms with Crippen molar-refractivity contribution in [3.63, 3.8) is 0 Å². The predicted octanol–water partition coefficient (Wildman–Crippen LogP) is 11.0. The molecule has 1 saturated heterocycles. The lowest BCUT2D eigenvalue weighted by Crippen LogP contribution is -2.60. The summed E-state index contributed by atoms with van der Waals surface area (Å²) in [6.07, 6.45) is 40.9. The number of carbonyl (C=O) groups excluding carboxylic acids is 1. The number of aliphatic hydroxyl groups excluding tert-OH is 7. The summed E-state index contributed by atoms with van der Waals surface area (Å²) >= 11 is 0. The van der Waals surface area contributed by atoms with Crippen molar-refractivity contribution >= 4 is 5.91 Å². The second-order valence-electron chi connectivity index (χ2n) is 19.6. The monoisotopic (exact) mass is 940 g/mol. The first-order valence-corrected chi connectivity index (χ1v) is 27.7. The second kappa shape index (κ2) is 44.8. The lowest BCUT2D eigenvalue weighted by atomic mass is 9.98. The third-order valence-corrected chi connectivity index (χ3v) is 13.5. The summed E-state index contributed by atoms with van der Waals surface area (Å²) in [7, 11) is 0. The molecule has 0 spiro atoms. The molecule has 9 unspecified atom stereocenters. The third-order valence-electron chi connectivity index (χ3n) is 13.5. The summed E-state index contributed by atoms with van der Waals surface area (Å²) in [6, 6.07) is -1.19. The van der Waals surface area contributed by atoms with E-state index < -0.39 is 74.2 Å². The van der Waals surface area contributed by atoms with E-state index in [0.29, 0.717) is 19.3 Å². The van der Waals surface area contributed by atoms with Crippen molar-refractivity contribution in [1.82, 2.24) is 5.32 Å². The topological polar surface area (TPSA) is 189 Å². The van der Waals surface area contributed by atoms with Gasteiger partial charge in [0.15, 0.2) is 6.29 Å². The zero-order valence-electron chi connectivity index (χ0n) is 42.4. The Morgan fingerprint density at radius 2 is 0.909 bits per heavy atom. The van der Waals surface area contributed by atoms with E-state index in [1.165, 1.54) is 167 Å². The maximum atomic E-state index is 13.1. The summed E-state index contributed by atoms with van der Waals surface area (Å²) in [5.74, 6) is -0.707. The van der Waals surface area contributed by atoms with Crippen molar-refractivity contribution in [1.29, 1.82) is 0 Å². The van der Waals surface area contributed by atoms with Gasteiger partial charge < -0.3 is 50.5 Å². The Kier molecular flexibility index (Phi) is 42.5. The Bertz CT molecular complexity index is 1120. The smallest absolute Gasteiger partial charge is 0.249 e. The number of hydrogen-bond donors (Lipinski definition) is 8. The Labute approximate surface area is 404 Å². The molecule has 9 atom stereocenters. The third kappa shape index (κ3) is 33.2. The fourth-order valence-corrected chi connectivity index (χ4v) is 8.93. The molecule has 1 fully saturated rings. The van der Waals surface area contributed by atoms with E-state index in [1.807, 2.05) is 0 Å². The van der Waals surface area contributed by atoms with Crippen molar-refractivity contribution in [2.24, 2.45) is 0 Å². The van der Waals surface area contributed by atoms with Crippen LogP contribution in [-0.4, -0.2) is 110 Å². The molecule has 8 N–H and O–H groups in total. The number of hydrogen-bond acceptors (Lipinski definition) is 10. The molecular formula is C55H105NO10. The van der Waals surface area contributed by atoms with Gasteiger partial charge in [0.25, 0.3) is 0 Å². The average molecular weight is 940 g/mol. The highest BCUT2D eigenvalue weighted by Gasteiger charge is 2.44. The van der Waals surface area contributed by atoms with Crippen molar-refractivity contribution < 1.29 is 50.0 Å². The van der Waals surface area contributed by atoms with Crippen LogP contribution in [0.25, 0.3) is 0 Å². The number of ether oxygens (including phenoxy) is 2. The molecule has 66 heavy (non-hydrogen) atoms. The Balaban J connectivity index is 2.37. The SMILES string of the molecule is CCCCCCCCCCCCCCCC/C=C/CC/C=C/CCCC(O)C(O)C(COC1OC(CO)C(O)C(O)C1O)NC(=O)C(O)CCCCCCCCCCCCCCCCCC. The van der Waals surface area contributed by atoms with Crippen molar-refractivity contribution in [2.45, 2.75) is 306 Å². The minimum atomic E-state index is -1.67. The van der Waals surface area contributed by atoms with E-state index in [0.717, 1.165) is 38.5 Å². The first-order chi connectivity index (χ1) is 32.2. The highest BCUT2D eigenvalue weighted by atomic mass is 16.7. The molecule has 1 rings (SSSR count). The van der Waals surface area contributed by atoms with Gasteiger partial charge in [0.1, 0.15) is 36.6 Å². The van der Waals surface area contributed by atoms with Gasteiger partial charge in [-0.1, -0.05) is 224 Å². The van der Waals surface area contributed by atoms with E-state index in [2.05, 4.69) is 43.5 Å². The molecule has 11 nitrogen and oxygen atoms in total. The predicted molar refractivity (Wildman–Crippen MR) is 270 cm³/mol. The number of unbranched alkanes of at least 4 members (excludes halogenated alkanes) is 31. The first kappa shape index (κ1) is 62.6. The maximum Gasteiger partial charge on any atom is 0.249 e. The number of carbonyl (C=O) groups is 1. The summed E-state index contributed by atoms with van der Waals surface area (Å²) in [4.78, 5) is 13.1. The molecule has 390 valence electrons. The highest BCUT2D eigenvalue weighted by molar-refractivity contribution is 5.80. The molecule has 0 bridgehead atoms. The summed E-state index contributed by atoms with van der Waals surface area (Å²) in [5, 5.41) is 76.0. The summed E-state index contributed by atoms with van der Waals surface area (Å²) in [5.41, 5.74) is 0. The first-order valence-electron chi connectivity index (χ1n) is 27.7. The number of amides is 1. The number of aliphatic hydroxyl groups is 7. The van der Waals surface area contributed by atoms with Crippen LogP contribution in [0.15, 0.2) is 24.3 Å². The molecule has 1 heterocycles.